The second-order valence-electron chi connectivity index (χ2n) is 6.08. The molecule has 0 unspecified atom stereocenters. The number of aliphatic hydroxyl groups is 1. The molecule has 1 N–H and O–H groups in total. The van der Waals surface area contributed by atoms with Crippen LogP contribution in [-0.4, -0.2) is 35.6 Å². The number of carbonyl (C=O) groups is 1. The van der Waals surface area contributed by atoms with Crippen LogP contribution in [0.4, 0.5) is 0 Å². The second kappa shape index (κ2) is 3.46. The first-order valence-corrected chi connectivity index (χ1v) is 6.60. The summed E-state index contributed by atoms with van der Waals surface area (Å²) in [5, 5.41) is 9.46. The molecule has 3 nitrogen and oxygen atoms in total. The lowest BCUT2D eigenvalue weighted by molar-refractivity contribution is -0.157. The molecule has 4 rings (SSSR count). The fraction of sp³-hybridized carbons (Fsp3) is 0.923. The smallest absolute Gasteiger partial charge is 0.228 e. The monoisotopic (exact) mass is 223 g/mol. The van der Waals surface area contributed by atoms with E-state index in [1.165, 1.54) is 6.42 Å². The molecule has 0 atom stereocenters. The number of hydrogen-bond donors (Lipinski definition) is 1. The van der Waals surface area contributed by atoms with E-state index in [0.29, 0.717) is 12.5 Å². The summed E-state index contributed by atoms with van der Waals surface area (Å²) in [5.74, 6) is 0.421. The van der Waals surface area contributed by atoms with Crippen LogP contribution in [0.25, 0.3) is 0 Å². The van der Waals surface area contributed by atoms with Gasteiger partial charge in [0, 0.05) is 25.1 Å². The average molecular weight is 223 g/mol. The van der Waals surface area contributed by atoms with Crippen LogP contribution in [0.5, 0.6) is 0 Å². The predicted octanol–water partition coefficient (Wildman–Crippen LogP) is 1.55. The maximum Gasteiger partial charge on any atom is 0.228 e. The molecule has 0 spiro atoms. The van der Waals surface area contributed by atoms with Gasteiger partial charge in [0.15, 0.2) is 0 Å². The Morgan fingerprint density at radius 3 is 2.00 bits per heavy atom. The van der Waals surface area contributed by atoms with Gasteiger partial charge in [0.05, 0.1) is 0 Å². The van der Waals surface area contributed by atoms with Crippen LogP contribution in [0, 0.1) is 10.8 Å². The van der Waals surface area contributed by atoms with Gasteiger partial charge in [0.25, 0.3) is 0 Å². The molecular weight excluding hydrogens is 202 g/mol. The van der Waals surface area contributed by atoms with E-state index in [4.69, 9.17) is 0 Å². The van der Waals surface area contributed by atoms with Crippen LogP contribution in [0.2, 0.25) is 0 Å². The van der Waals surface area contributed by atoms with Crippen LogP contribution < -0.4 is 0 Å². The van der Waals surface area contributed by atoms with E-state index < -0.39 is 0 Å². The van der Waals surface area contributed by atoms with Crippen molar-refractivity contribution in [3.63, 3.8) is 0 Å². The highest BCUT2D eigenvalue weighted by Gasteiger charge is 2.53. The van der Waals surface area contributed by atoms with Gasteiger partial charge in [-0.05, 0) is 50.4 Å². The van der Waals surface area contributed by atoms with Crippen molar-refractivity contribution in [1.82, 2.24) is 4.90 Å². The highest BCUT2D eigenvalue weighted by atomic mass is 16.3. The van der Waals surface area contributed by atoms with Crippen molar-refractivity contribution >= 4 is 5.91 Å². The van der Waals surface area contributed by atoms with Gasteiger partial charge in [-0.15, -0.1) is 0 Å². The molecule has 1 saturated heterocycles. The van der Waals surface area contributed by atoms with Gasteiger partial charge in [0.2, 0.25) is 5.91 Å². The van der Waals surface area contributed by atoms with Crippen molar-refractivity contribution < 1.29 is 9.90 Å². The Morgan fingerprint density at radius 2 is 1.62 bits per heavy atom. The summed E-state index contributed by atoms with van der Waals surface area (Å²) in [6.45, 7) is 2.28. The first-order valence-electron chi connectivity index (χ1n) is 6.60. The lowest BCUT2D eigenvalue weighted by Crippen LogP contribution is -2.55. The second-order valence-corrected chi connectivity index (χ2v) is 6.08. The molecule has 0 aromatic carbocycles. The van der Waals surface area contributed by atoms with Crippen molar-refractivity contribution in [2.75, 3.05) is 19.7 Å². The molecule has 0 aromatic heterocycles. The van der Waals surface area contributed by atoms with E-state index in [-0.39, 0.29) is 10.8 Å². The van der Waals surface area contributed by atoms with Crippen LogP contribution in [0.3, 0.4) is 0 Å². The number of rotatable bonds is 2. The van der Waals surface area contributed by atoms with Crippen molar-refractivity contribution in [2.45, 2.75) is 44.9 Å². The summed E-state index contributed by atoms with van der Waals surface area (Å²) in [7, 11) is 0. The normalized spacial score (nSPS) is 41.9. The number of amides is 1. The summed E-state index contributed by atoms with van der Waals surface area (Å²) in [4.78, 5) is 14.5. The highest BCUT2D eigenvalue weighted by molar-refractivity contribution is 5.83. The molecule has 3 heteroatoms. The van der Waals surface area contributed by atoms with E-state index in [1.807, 2.05) is 4.90 Å². The zero-order valence-corrected chi connectivity index (χ0v) is 9.87. The Hall–Kier alpha value is -0.570. The molecule has 3 saturated carbocycles. The van der Waals surface area contributed by atoms with Gasteiger partial charge in [0.1, 0.15) is 0 Å². The molecule has 0 radical (unpaired) electrons. The number of fused-ring (bicyclic) bond motifs is 3. The molecule has 3 aliphatic carbocycles. The van der Waals surface area contributed by atoms with E-state index in [2.05, 4.69) is 0 Å². The van der Waals surface area contributed by atoms with E-state index in [1.54, 1.807) is 0 Å². The van der Waals surface area contributed by atoms with Gasteiger partial charge in [-0.1, -0.05) is 0 Å². The fourth-order valence-electron chi connectivity index (χ4n) is 3.68. The third-order valence-electron chi connectivity index (χ3n) is 5.33. The Balaban J connectivity index is 1.74. The first-order chi connectivity index (χ1) is 7.70. The van der Waals surface area contributed by atoms with Crippen LogP contribution in [0.15, 0.2) is 0 Å². The molecule has 4 fully saturated rings. The van der Waals surface area contributed by atoms with Crippen LogP contribution in [-0.2, 0) is 4.79 Å². The first kappa shape index (κ1) is 10.6. The molecule has 1 heterocycles. The van der Waals surface area contributed by atoms with Gasteiger partial charge in [-0.2, -0.15) is 0 Å². The molecule has 1 amide bonds. The number of hydrogen-bond acceptors (Lipinski definition) is 2. The van der Waals surface area contributed by atoms with E-state index in [9.17, 15) is 9.90 Å². The number of aliphatic hydroxyl groups excluding tert-OH is 1. The van der Waals surface area contributed by atoms with E-state index >= 15 is 0 Å². The standard InChI is InChI=1S/C13H21NO2/c15-10-12-2-5-13(6-3-12,7-4-12)11(16)14-8-1-9-14/h15H,1-10H2. The Bertz CT molecular complexity index is 285. The van der Waals surface area contributed by atoms with Gasteiger partial charge < -0.3 is 10.0 Å². The molecular formula is C13H21NO2. The SMILES string of the molecule is O=C(N1CCC1)C12CCC(CO)(CC1)CC2. The topological polar surface area (TPSA) is 40.5 Å². The highest BCUT2D eigenvalue weighted by Crippen LogP contribution is 2.57. The molecule has 1 aliphatic heterocycles. The molecule has 16 heavy (non-hydrogen) atoms. The largest absolute Gasteiger partial charge is 0.396 e. The third kappa shape index (κ3) is 1.33. The van der Waals surface area contributed by atoms with Crippen molar-refractivity contribution in [1.29, 1.82) is 0 Å². The number of nitrogens with zero attached hydrogens (tertiary/aromatic N) is 1. The zero-order chi connectivity index (χ0) is 11.2. The number of carbonyl (C=O) groups excluding carboxylic acids is 1. The summed E-state index contributed by atoms with van der Waals surface area (Å²) < 4.78 is 0. The lowest BCUT2D eigenvalue weighted by Gasteiger charge is -2.53. The van der Waals surface area contributed by atoms with Crippen molar-refractivity contribution in [3.05, 3.63) is 0 Å². The van der Waals surface area contributed by atoms with Gasteiger partial charge in [-0.3, -0.25) is 4.79 Å². The van der Waals surface area contributed by atoms with Crippen molar-refractivity contribution in [3.8, 4) is 0 Å². The maximum absolute atomic E-state index is 12.4. The third-order valence-corrected chi connectivity index (χ3v) is 5.33. The zero-order valence-electron chi connectivity index (χ0n) is 9.87. The minimum absolute atomic E-state index is 0.0304. The Morgan fingerprint density at radius 1 is 1.06 bits per heavy atom. The minimum atomic E-state index is -0.0304. The molecule has 90 valence electrons. The van der Waals surface area contributed by atoms with Crippen LogP contribution >= 0.6 is 0 Å². The Kier molecular flexibility index (Phi) is 2.29. The molecule has 2 bridgehead atoms. The van der Waals surface area contributed by atoms with Gasteiger partial charge >= 0.3 is 0 Å². The summed E-state index contributed by atoms with van der Waals surface area (Å²) in [6, 6.07) is 0. The molecule has 0 aromatic rings. The minimum Gasteiger partial charge on any atom is -0.396 e. The number of likely N-dealkylation sites (tertiary alicyclic amines) is 1. The predicted molar refractivity (Wildman–Crippen MR) is 60.9 cm³/mol. The van der Waals surface area contributed by atoms with Crippen molar-refractivity contribution in [2.24, 2.45) is 10.8 Å². The quantitative estimate of drug-likeness (QED) is 0.771. The van der Waals surface area contributed by atoms with Gasteiger partial charge in [-0.25, -0.2) is 0 Å². The summed E-state index contributed by atoms with van der Waals surface area (Å²) in [5.41, 5.74) is 0.147. The maximum atomic E-state index is 12.4. The Labute approximate surface area is 96.8 Å². The van der Waals surface area contributed by atoms with E-state index in [0.717, 1.165) is 51.6 Å². The van der Waals surface area contributed by atoms with Crippen LogP contribution in [0.1, 0.15) is 44.9 Å². The summed E-state index contributed by atoms with van der Waals surface area (Å²) >= 11 is 0. The lowest BCUT2D eigenvalue weighted by atomic mass is 9.53. The fourth-order valence-corrected chi connectivity index (χ4v) is 3.68. The summed E-state index contributed by atoms with van der Waals surface area (Å²) in [6.07, 6.45) is 7.41. The average Bonchev–Trinajstić information content (AvgIpc) is 2.29. The molecule has 4 aliphatic rings.